The van der Waals surface area contributed by atoms with Gasteiger partial charge in [-0.1, -0.05) is 6.07 Å². The first-order chi connectivity index (χ1) is 11.2. The van der Waals surface area contributed by atoms with Crippen molar-refractivity contribution in [1.29, 1.82) is 0 Å². The van der Waals surface area contributed by atoms with Crippen molar-refractivity contribution in [3.05, 3.63) is 53.4 Å². The highest BCUT2D eigenvalue weighted by atomic mass is 16.5. The molecule has 0 aliphatic heterocycles. The molecule has 1 aromatic carbocycles. The third-order valence-electron chi connectivity index (χ3n) is 3.89. The fourth-order valence-electron chi connectivity index (χ4n) is 2.74. The highest BCUT2D eigenvalue weighted by Gasteiger charge is 2.10. The molecule has 0 saturated carbocycles. The van der Waals surface area contributed by atoms with E-state index in [-0.39, 0.29) is 5.91 Å². The number of benzene rings is 1. The number of carbonyl (C=O) groups excluding carboxylic acids is 1. The van der Waals surface area contributed by atoms with E-state index in [2.05, 4.69) is 22.5 Å². The van der Waals surface area contributed by atoms with Crippen molar-refractivity contribution in [3.8, 4) is 5.75 Å². The molecule has 0 bridgehead atoms. The number of rotatable bonds is 6. The minimum Gasteiger partial charge on any atom is -0.492 e. The average Bonchev–Trinajstić information content (AvgIpc) is 3.17. The van der Waals surface area contributed by atoms with Gasteiger partial charge < -0.3 is 10.1 Å². The highest BCUT2D eigenvalue weighted by Crippen LogP contribution is 2.25. The Balaban J connectivity index is 1.39. The summed E-state index contributed by atoms with van der Waals surface area (Å²) in [6.07, 6.45) is 10.4. The zero-order valence-electron chi connectivity index (χ0n) is 13.3. The predicted octanol–water partition coefficient (Wildman–Crippen LogP) is 2.12. The van der Waals surface area contributed by atoms with Gasteiger partial charge in [-0.25, -0.2) is 0 Å². The van der Waals surface area contributed by atoms with Crippen LogP contribution in [0.2, 0.25) is 0 Å². The van der Waals surface area contributed by atoms with Gasteiger partial charge in [0.25, 0.3) is 0 Å². The fraction of sp³-hybridized carbons (Fsp3) is 0.333. The van der Waals surface area contributed by atoms with E-state index >= 15 is 0 Å². The number of nitrogens with one attached hydrogen (secondary N) is 1. The number of ether oxygens (including phenoxy) is 1. The van der Waals surface area contributed by atoms with Crippen LogP contribution in [0, 0.1) is 0 Å². The molecule has 1 heterocycles. The lowest BCUT2D eigenvalue weighted by atomic mass is 10.1. The van der Waals surface area contributed by atoms with Gasteiger partial charge in [-0.2, -0.15) is 5.10 Å². The largest absolute Gasteiger partial charge is 0.492 e. The maximum Gasteiger partial charge on any atom is 0.244 e. The maximum atomic E-state index is 11.7. The van der Waals surface area contributed by atoms with Gasteiger partial charge in [0.15, 0.2) is 0 Å². The van der Waals surface area contributed by atoms with Gasteiger partial charge in [-0.05, 0) is 48.6 Å². The number of hydrogen-bond acceptors (Lipinski definition) is 3. The topological polar surface area (TPSA) is 56.2 Å². The molecule has 1 aromatic heterocycles. The second-order valence-electron chi connectivity index (χ2n) is 5.70. The summed E-state index contributed by atoms with van der Waals surface area (Å²) in [7, 11) is 1.84. The molecule has 1 aliphatic rings. The molecule has 0 fully saturated rings. The van der Waals surface area contributed by atoms with E-state index in [0.29, 0.717) is 13.2 Å². The molecule has 120 valence electrons. The lowest BCUT2D eigenvalue weighted by Gasteiger charge is -2.08. The van der Waals surface area contributed by atoms with Crippen LogP contribution in [-0.2, 0) is 24.7 Å². The number of aromatic nitrogens is 2. The molecule has 5 nitrogen and oxygen atoms in total. The second-order valence-corrected chi connectivity index (χ2v) is 5.70. The Morgan fingerprint density at radius 1 is 1.39 bits per heavy atom. The summed E-state index contributed by atoms with van der Waals surface area (Å²) in [6.45, 7) is 0.943. The van der Waals surface area contributed by atoms with Crippen LogP contribution in [0.3, 0.4) is 0 Å². The van der Waals surface area contributed by atoms with Crippen molar-refractivity contribution < 1.29 is 9.53 Å². The highest BCUT2D eigenvalue weighted by molar-refractivity contribution is 5.91. The third kappa shape index (κ3) is 4.22. The number of fused-ring (bicyclic) bond motifs is 1. The molecule has 1 aliphatic carbocycles. The van der Waals surface area contributed by atoms with Crippen LogP contribution >= 0.6 is 0 Å². The Bertz CT molecular complexity index is 719. The molecule has 2 aromatic rings. The van der Waals surface area contributed by atoms with E-state index in [4.69, 9.17) is 4.74 Å². The summed E-state index contributed by atoms with van der Waals surface area (Å²) in [5.41, 5.74) is 3.73. The first kappa shape index (κ1) is 15.3. The fourth-order valence-corrected chi connectivity index (χ4v) is 2.74. The predicted molar refractivity (Wildman–Crippen MR) is 89.2 cm³/mol. The third-order valence-corrected chi connectivity index (χ3v) is 3.89. The van der Waals surface area contributed by atoms with Gasteiger partial charge in [0.1, 0.15) is 12.4 Å². The summed E-state index contributed by atoms with van der Waals surface area (Å²) in [5, 5.41) is 6.85. The minimum absolute atomic E-state index is 0.133. The van der Waals surface area contributed by atoms with Gasteiger partial charge in [-0.3, -0.25) is 9.48 Å². The first-order valence-electron chi connectivity index (χ1n) is 7.90. The van der Waals surface area contributed by atoms with E-state index in [1.54, 1.807) is 17.0 Å². The summed E-state index contributed by atoms with van der Waals surface area (Å²) >= 11 is 0. The Hall–Kier alpha value is -2.56. The van der Waals surface area contributed by atoms with E-state index < -0.39 is 0 Å². The van der Waals surface area contributed by atoms with E-state index in [1.807, 2.05) is 19.3 Å². The van der Waals surface area contributed by atoms with Gasteiger partial charge >= 0.3 is 0 Å². The molecule has 0 saturated heterocycles. The quantitative estimate of drug-likeness (QED) is 0.657. The minimum atomic E-state index is -0.133. The standard InChI is InChI=1S/C18H21N3O2/c1-21-13-14(12-20-21)5-8-18(22)19-9-10-23-17-7-6-15-3-2-4-16(15)11-17/h5-8,11-13H,2-4,9-10H2,1H3,(H,19,22)/b8-5-. The molecule has 0 spiro atoms. The van der Waals surface area contributed by atoms with E-state index in [9.17, 15) is 4.79 Å². The molecule has 3 rings (SSSR count). The van der Waals surface area contributed by atoms with Crippen LogP contribution in [-0.4, -0.2) is 28.8 Å². The lowest BCUT2D eigenvalue weighted by Crippen LogP contribution is -2.26. The lowest BCUT2D eigenvalue weighted by molar-refractivity contribution is -0.116. The number of hydrogen-bond donors (Lipinski definition) is 1. The van der Waals surface area contributed by atoms with Crippen molar-refractivity contribution in [3.63, 3.8) is 0 Å². The first-order valence-corrected chi connectivity index (χ1v) is 7.90. The van der Waals surface area contributed by atoms with Gasteiger partial charge in [-0.15, -0.1) is 0 Å². The smallest absolute Gasteiger partial charge is 0.244 e. The summed E-state index contributed by atoms with van der Waals surface area (Å²) in [5.74, 6) is 0.747. The van der Waals surface area contributed by atoms with Gasteiger partial charge in [0, 0.05) is 24.9 Å². The van der Waals surface area contributed by atoms with Gasteiger partial charge in [0.2, 0.25) is 5.91 Å². The Labute approximate surface area is 136 Å². The Morgan fingerprint density at radius 3 is 3.09 bits per heavy atom. The molecular formula is C18H21N3O2. The monoisotopic (exact) mass is 311 g/mol. The number of aryl methyl sites for hydroxylation is 3. The van der Waals surface area contributed by atoms with Crippen LogP contribution in [0.1, 0.15) is 23.1 Å². The van der Waals surface area contributed by atoms with Crippen molar-refractivity contribution >= 4 is 12.0 Å². The summed E-state index contributed by atoms with van der Waals surface area (Å²) < 4.78 is 7.39. The number of nitrogens with zero attached hydrogens (tertiary/aromatic N) is 2. The number of carbonyl (C=O) groups is 1. The van der Waals surface area contributed by atoms with Crippen LogP contribution in [0.4, 0.5) is 0 Å². The molecule has 1 amide bonds. The van der Waals surface area contributed by atoms with Crippen molar-refractivity contribution in [1.82, 2.24) is 15.1 Å². The van der Waals surface area contributed by atoms with Crippen LogP contribution < -0.4 is 10.1 Å². The van der Waals surface area contributed by atoms with E-state index in [0.717, 1.165) is 17.7 Å². The second kappa shape index (κ2) is 7.13. The van der Waals surface area contributed by atoms with Crippen LogP contribution in [0.15, 0.2) is 36.7 Å². The van der Waals surface area contributed by atoms with Crippen molar-refractivity contribution in [2.24, 2.45) is 7.05 Å². The normalized spacial score (nSPS) is 13.3. The molecule has 0 atom stereocenters. The molecule has 23 heavy (non-hydrogen) atoms. The molecular weight excluding hydrogens is 290 g/mol. The van der Waals surface area contributed by atoms with Crippen LogP contribution in [0.5, 0.6) is 5.75 Å². The average molecular weight is 311 g/mol. The van der Waals surface area contributed by atoms with Crippen LogP contribution in [0.25, 0.3) is 6.08 Å². The SMILES string of the molecule is Cn1cc(/C=C\C(=O)NCCOc2ccc3c(c2)CCC3)cn1. The molecule has 5 heteroatoms. The van der Waals surface area contributed by atoms with Crippen molar-refractivity contribution in [2.75, 3.05) is 13.2 Å². The van der Waals surface area contributed by atoms with Crippen molar-refractivity contribution in [2.45, 2.75) is 19.3 Å². The molecule has 1 N–H and O–H groups in total. The Morgan fingerprint density at radius 2 is 2.26 bits per heavy atom. The Kier molecular flexibility index (Phi) is 4.76. The van der Waals surface area contributed by atoms with Gasteiger partial charge in [0.05, 0.1) is 12.7 Å². The zero-order valence-corrected chi connectivity index (χ0v) is 13.3. The molecule has 0 unspecified atom stereocenters. The maximum absolute atomic E-state index is 11.7. The van der Waals surface area contributed by atoms with E-state index in [1.165, 1.54) is 30.0 Å². The molecule has 0 radical (unpaired) electrons. The summed E-state index contributed by atoms with van der Waals surface area (Å²) in [4.78, 5) is 11.7. The zero-order chi connectivity index (χ0) is 16.1. The summed E-state index contributed by atoms with van der Waals surface area (Å²) in [6, 6.07) is 6.27. The number of amides is 1.